The van der Waals surface area contributed by atoms with Crippen LogP contribution in [0.3, 0.4) is 0 Å². The Morgan fingerprint density at radius 2 is 1.93 bits per heavy atom. The summed E-state index contributed by atoms with van der Waals surface area (Å²) in [5.74, 6) is -0.963. The van der Waals surface area contributed by atoms with Gasteiger partial charge in [-0.15, -0.1) is 0 Å². The molecule has 0 aromatic heterocycles. The second kappa shape index (κ2) is 9.02. The quantitative estimate of drug-likeness (QED) is 0.743. The average Bonchev–Trinajstić information content (AvgIpc) is 2.66. The fourth-order valence-corrected chi connectivity index (χ4v) is 3.46. The number of hydrogen-bond donors (Lipinski definition) is 2. The van der Waals surface area contributed by atoms with Gasteiger partial charge in [-0.25, -0.2) is 0 Å². The molecule has 0 amide bonds. The lowest BCUT2D eigenvalue weighted by atomic mass is 9.98. The smallest absolute Gasteiger partial charge is 0.325 e. The van der Waals surface area contributed by atoms with Crippen LogP contribution in [0.15, 0.2) is 53.5 Å². The van der Waals surface area contributed by atoms with Gasteiger partial charge in [-0.2, -0.15) is 0 Å². The van der Waals surface area contributed by atoms with Crippen molar-refractivity contribution in [3.63, 3.8) is 0 Å². The van der Waals surface area contributed by atoms with E-state index in [0.717, 1.165) is 42.7 Å². The molecule has 2 aromatic carbocycles. The number of aliphatic imine (C=N–C) groups is 1. The van der Waals surface area contributed by atoms with Gasteiger partial charge in [0.15, 0.2) is 0 Å². The molecule has 1 fully saturated rings. The molecule has 1 aliphatic heterocycles. The summed E-state index contributed by atoms with van der Waals surface area (Å²) in [6.07, 6.45) is 2.12. The van der Waals surface area contributed by atoms with Crippen LogP contribution in [-0.4, -0.2) is 54.4 Å². The minimum atomic E-state index is -0.963. The van der Waals surface area contributed by atoms with E-state index in [0.29, 0.717) is 16.8 Å². The monoisotopic (exact) mass is 385 g/mol. The number of likely N-dealkylation sites (tertiary alicyclic amines) is 1. The van der Waals surface area contributed by atoms with Gasteiger partial charge in [-0.3, -0.25) is 9.79 Å². The van der Waals surface area contributed by atoms with Crippen molar-refractivity contribution in [1.82, 2.24) is 4.90 Å². The molecule has 0 spiro atoms. The second-order valence-electron chi connectivity index (χ2n) is 6.84. The van der Waals surface area contributed by atoms with E-state index in [9.17, 15) is 4.79 Å². The second-order valence-corrected chi connectivity index (χ2v) is 7.27. The van der Waals surface area contributed by atoms with Crippen LogP contribution in [0.1, 0.15) is 24.0 Å². The first-order valence-corrected chi connectivity index (χ1v) is 9.47. The minimum absolute atomic E-state index is 0.287. The number of benzene rings is 2. The summed E-state index contributed by atoms with van der Waals surface area (Å²) >= 11 is 6.27. The molecule has 1 heterocycles. The summed E-state index contributed by atoms with van der Waals surface area (Å²) < 4.78 is 0. The number of piperidine rings is 1. The first kappa shape index (κ1) is 19.4. The van der Waals surface area contributed by atoms with Gasteiger partial charge in [0.1, 0.15) is 6.54 Å². The number of nitrogens with zero attached hydrogens (tertiary/aromatic N) is 2. The van der Waals surface area contributed by atoms with Crippen LogP contribution in [0.25, 0.3) is 0 Å². The van der Waals surface area contributed by atoms with Crippen LogP contribution < -0.4 is 5.32 Å². The Kier molecular flexibility index (Phi) is 6.48. The summed E-state index contributed by atoms with van der Waals surface area (Å²) in [4.78, 5) is 17.8. The van der Waals surface area contributed by atoms with Crippen LogP contribution in [-0.2, 0) is 4.79 Å². The highest BCUT2D eigenvalue weighted by molar-refractivity contribution is 6.31. The summed E-state index contributed by atoms with van der Waals surface area (Å²) in [6.45, 7) is 1.82. The number of rotatable bonds is 6. The molecule has 5 nitrogen and oxygen atoms in total. The van der Waals surface area contributed by atoms with E-state index in [2.05, 4.69) is 22.3 Å². The highest BCUT2D eigenvalue weighted by Gasteiger charge is 2.19. The van der Waals surface area contributed by atoms with Crippen molar-refractivity contribution < 1.29 is 9.90 Å². The molecular formula is C21H24ClN3O2. The normalized spacial score (nSPS) is 16.3. The number of nitrogens with one attached hydrogen (secondary N) is 1. The molecule has 0 unspecified atom stereocenters. The van der Waals surface area contributed by atoms with Crippen molar-refractivity contribution in [2.45, 2.75) is 18.9 Å². The predicted octanol–water partition coefficient (Wildman–Crippen LogP) is 3.77. The lowest BCUT2D eigenvalue weighted by Crippen LogP contribution is -2.37. The SMILES string of the molecule is CN1CCC(Nc2ccc(Cl)cc2/C(=N/CC(=O)O)c2ccccc2)CC1. The molecule has 2 N–H and O–H groups in total. The van der Waals surface area contributed by atoms with Crippen molar-refractivity contribution in [3.05, 3.63) is 64.7 Å². The molecule has 1 saturated heterocycles. The number of halogens is 1. The molecular weight excluding hydrogens is 362 g/mol. The van der Waals surface area contributed by atoms with Crippen LogP contribution in [0.4, 0.5) is 5.69 Å². The summed E-state index contributed by atoms with van der Waals surface area (Å²) in [5.41, 5.74) is 3.26. The Hall–Kier alpha value is -2.37. The van der Waals surface area contributed by atoms with Crippen molar-refractivity contribution in [3.8, 4) is 0 Å². The van der Waals surface area contributed by atoms with Gasteiger partial charge in [0.05, 0.1) is 5.71 Å². The van der Waals surface area contributed by atoms with Crippen molar-refractivity contribution in [2.75, 3.05) is 32.0 Å². The average molecular weight is 386 g/mol. The highest BCUT2D eigenvalue weighted by atomic mass is 35.5. The maximum atomic E-state index is 11.1. The largest absolute Gasteiger partial charge is 0.480 e. The zero-order valence-corrected chi connectivity index (χ0v) is 16.1. The molecule has 1 aliphatic rings. The third kappa shape index (κ3) is 5.31. The standard InChI is InChI=1S/C21H24ClN3O2/c1-25-11-9-17(10-12-25)24-19-8-7-16(22)13-18(19)21(23-14-20(26)27)15-5-3-2-4-6-15/h2-8,13,17,24H,9-12,14H2,1H3,(H,26,27)/b23-21+. The van der Waals surface area contributed by atoms with E-state index in [-0.39, 0.29) is 6.54 Å². The third-order valence-corrected chi connectivity index (χ3v) is 4.97. The van der Waals surface area contributed by atoms with Gasteiger partial charge >= 0.3 is 5.97 Å². The highest BCUT2D eigenvalue weighted by Crippen LogP contribution is 2.26. The Morgan fingerprint density at radius 1 is 1.22 bits per heavy atom. The van der Waals surface area contributed by atoms with E-state index in [1.165, 1.54) is 0 Å². The lowest BCUT2D eigenvalue weighted by Gasteiger charge is -2.31. The van der Waals surface area contributed by atoms with E-state index in [4.69, 9.17) is 16.7 Å². The van der Waals surface area contributed by atoms with E-state index in [1.807, 2.05) is 48.5 Å². The Balaban J connectivity index is 1.97. The molecule has 0 radical (unpaired) electrons. The van der Waals surface area contributed by atoms with Crippen molar-refractivity contribution in [2.24, 2.45) is 4.99 Å². The van der Waals surface area contributed by atoms with Gasteiger partial charge in [0, 0.05) is 27.9 Å². The summed E-state index contributed by atoms with van der Waals surface area (Å²) in [6, 6.07) is 15.7. The number of carboxylic acid groups (broad SMARTS) is 1. The molecule has 6 heteroatoms. The van der Waals surface area contributed by atoms with Crippen LogP contribution in [0.2, 0.25) is 5.02 Å². The summed E-state index contributed by atoms with van der Waals surface area (Å²) in [7, 11) is 2.13. The summed E-state index contributed by atoms with van der Waals surface area (Å²) in [5, 5.41) is 13.3. The molecule has 2 aromatic rings. The third-order valence-electron chi connectivity index (χ3n) is 4.73. The first-order valence-electron chi connectivity index (χ1n) is 9.09. The number of aliphatic carboxylic acids is 1. The lowest BCUT2D eigenvalue weighted by molar-refractivity contribution is -0.135. The Morgan fingerprint density at radius 3 is 2.59 bits per heavy atom. The predicted molar refractivity (Wildman–Crippen MR) is 110 cm³/mol. The first-order chi connectivity index (χ1) is 13.0. The maximum Gasteiger partial charge on any atom is 0.325 e. The van der Waals surface area contributed by atoms with Crippen molar-refractivity contribution in [1.29, 1.82) is 0 Å². The molecule has 0 bridgehead atoms. The van der Waals surface area contributed by atoms with E-state index < -0.39 is 5.97 Å². The number of carboxylic acids is 1. The van der Waals surface area contributed by atoms with Crippen LogP contribution >= 0.6 is 11.6 Å². The molecule has 142 valence electrons. The molecule has 27 heavy (non-hydrogen) atoms. The molecule has 0 aliphatic carbocycles. The topological polar surface area (TPSA) is 64.9 Å². The van der Waals surface area contributed by atoms with Crippen LogP contribution in [0.5, 0.6) is 0 Å². The van der Waals surface area contributed by atoms with Gasteiger partial charge in [0.25, 0.3) is 0 Å². The minimum Gasteiger partial charge on any atom is -0.480 e. The van der Waals surface area contributed by atoms with E-state index in [1.54, 1.807) is 0 Å². The number of carbonyl (C=O) groups is 1. The van der Waals surface area contributed by atoms with Crippen molar-refractivity contribution >= 4 is 29.0 Å². The number of hydrogen-bond acceptors (Lipinski definition) is 4. The van der Waals surface area contributed by atoms with E-state index >= 15 is 0 Å². The molecule has 3 rings (SSSR count). The van der Waals surface area contributed by atoms with Gasteiger partial charge in [-0.1, -0.05) is 41.9 Å². The fourth-order valence-electron chi connectivity index (χ4n) is 3.29. The molecule has 0 saturated carbocycles. The zero-order chi connectivity index (χ0) is 19.2. The fraction of sp³-hybridized carbons (Fsp3) is 0.333. The molecule has 0 atom stereocenters. The van der Waals surface area contributed by atoms with Gasteiger partial charge in [0.2, 0.25) is 0 Å². The Bertz CT molecular complexity index is 815. The Labute approximate surface area is 164 Å². The number of anilines is 1. The van der Waals surface area contributed by atoms with Crippen LogP contribution in [0, 0.1) is 0 Å². The van der Waals surface area contributed by atoms with Gasteiger partial charge < -0.3 is 15.3 Å². The van der Waals surface area contributed by atoms with Gasteiger partial charge in [-0.05, 0) is 51.2 Å². The maximum absolute atomic E-state index is 11.1. The zero-order valence-electron chi connectivity index (χ0n) is 15.4.